The summed E-state index contributed by atoms with van der Waals surface area (Å²) in [4.78, 5) is 25.7. The van der Waals surface area contributed by atoms with Gasteiger partial charge in [0, 0.05) is 49.7 Å². The highest BCUT2D eigenvalue weighted by atomic mass is 32.2. The fourth-order valence-electron chi connectivity index (χ4n) is 3.64. The van der Waals surface area contributed by atoms with Crippen LogP contribution in [0.2, 0.25) is 0 Å². The van der Waals surface area contributed by atoms with E-state index in [1.807, 2.05) is 49.4 Å². The number of aromatic nitrogens is 2. The molecule has 7 nitrogen and oxygen atoms in total. The summed E-state index contributed by atoms with van der Waals surface area (Å²) in [6.07, 6.45) is 1.57. The lowest BCUT2D eigenvalue weighted by Gasteiger charge is -2.36. The molecule has 1 saturated heterocycles. The third-order valence-corrected chi connectivity index (χ3v) is 6.23. The number of hydrogen-bond acceptors (Lipinski definition) is 7. The van der Waals surface area contributed by atoms with Crippen LogP contribution >= 0.6 is 11.8 Å². The second-order valence-electron chi connectivity index (χ2n) is 7.60. The maximum atomic E-state index is 12.3. The topological polar surface area (TPSA) is 70.6 Å². The van der Waals surface area contributed by atoms with Crippen LogP contribution < -0.4 is 19.9 Å². The molecule has 4 rings (SSSR count). The largest absolute Gasteiger partial charge is 0.497 e. The van der Waals surface area contributed by atoms with E-state index in [0.717, 1.165) is 54.0 Å². The molecule has 166 valence electrons. The number of amides is 1. The maximum absolute atomic E-state index is 12.3. The second-order valence-corrected chi connectivity index (χ2v) is 8.59. The Morgan fingerprint density at radius 1 is 1.03 bits per heavy atom. The molecule has 0 aliphatic carbocycles. The Balaban J connectivity index is 1.31. The monoisotopic (exact) mass is 449 g/mol. The van der Waals surface area contributed by atoms with E-state index in [1.165, 1.54) is 17.4 Å². The molecule has 1 aliphatic rings. The lowest BCUT2D eigenvalue weighted by Crippen LogP contribution is -2.46. The van der Waals surface area contributed by atoms with Crippen LogP contribution in [0.4, 0.5) is 17.2 Å². The molecule has 0 radical (unpaired) electrons. The Bertz CT molecular complexity index is 1070. The molecule has 1 amide bonds. The molecule has 0 bridgehead atoms. The number of carbonyl (C=O) groups is 1. The van der Waals surface area contributed by atoms with Gasteiger partial charge in [0.05, 0.1) is 12.9 Å². The zero-order chi connectivity index (χ0) is 22.3. The van der Waals surface area contributed by atoms with Crippen molar-refractivity contribution in [3.8, 4) is 5.75 Å². The molecular formula is C24H27N5O2S. The highest BCUT2D eigenvalue weighted by Crippen LogP contribution is 2.25. The SMILES string of the molecule is COc1cccc(N2CCN(c3cc(SCC(=O)Nc4cccc(C)c4)ncn3)CC2)c1. The maximum Gasteiger partial charge on any atom is 0.234 e. The number of rotatable bonds is 7. The van der Waals surface area contributed by atoms with Crippen molar-refractivity contribution in [1.82, 2.24) is 9.97 Å². The predicted octanol–water partition coefficient (Wildman–Crippen LogP) is 3.85. The summed E-state index contributed by atoms with van der Waals surface area (Å²) in [6.45, 7) is 5.54. The number of carbonyl (C=O) groups excluding carboxylic acids is 1. The number of piperazine rings is 1. The fraction of sp³-hybridized carbons (Fsp3) is 0.292. The molecule has 1 aromatic heterocycles. The minimum atomic E-state index is -0.0485. The summed E-state index contributed by atoms with van der Waals surface area (Å²) in [5.41, 5.74) is 3.10. The zero-order valence-electron chi connectivity index (χ0n) is 18.3. The summed E-state index contributed by atoms with van der Waals surface area (Å²) >= 11 is 1.42. The van der Waals surface area contributed by atoms with Crippen LogP contribution in [0.1, 0.15) is 5.56 Å². The van der Waals surface area contributed by atoms with Gasteiger partial charge in [-0.05, 0) is 36.8 Å². The molecule has 3 aromatic rings. The minimum absolute atomic E-state index is 0.0485. The van der Waals surface area contributed by atoms with Crippen molar-refractivity contribution in [3.05, 3.63) is 66.5 Å². The van der Waals surface area contributed by atoms with Crippen molar-refractivity contribution in [2.75, 3.05) is 54.2 Å². The highest BCUT2D eigenvalue weighted by molar-refractivity contribution is 7.99. The molecule has 0 saturated carbocycles. The van der Waals surface area contributed by atoms with E-state index in [9.17, 15) is 4.79 Å². The van der Waals surface area contributed by atoms with Gasteiger partial charge in [0.2, 0.25) is 5.91 Å². The lowest BCUT2D eigenvalue weighted by atomic mass is 10.2. The third kappa shape index (κ3) is 5.70. The molecule has 1 aliphatic heterocycles. The minimum Gasteiger partial charge on any atom is -0.497 e. The van der Waals surface area contributed by atoms with Crippen molar-refractivity contribution in [1.29, 1.82) is 0 Å². The van der Waals surface area contributed by atoms with Crippen LogP contribution in [0.5, 0.6) is 5.75 Å². The normalized spacial score (nSPS) is 13.7. The second kappa shape index (κ2) is 10.4. The summed E-state index contributed by atoms with van der Waals surface area (Å²) in [5.74, 6) is 2.02. The van der Waals surface area contributed by atoms with Gasteiger partial charge in [0.15, 0.2) is 0 Å². The first-order valence-electron chi connectivity index (χ1n) is 10.6. The quantitative estimate of drug-likeness (QED) is 0.434. The lowest BCUT2D eigenvalue weighted by molar-refractivity contribution is -0.113. The molecule has 0 unspecified atom stereocenters. The van der Waals surface area contributed by atoms with Gasteiger partial charge in [-0.15, -0.1) is 0 Å². The molecule has 2 aromatic carbocycles. The Morgan fingerprint density at radius 3 is 2.59 bits per heavy atom. The smallest absolute Gasteiger partial charge is 0.234 e. The van der Waals surface area contributed by atoms with Crippen LogP contribution in [0.15, 0.2) is 66.0 Å². The number of benzene rings is 2. The van der Waals surface area contributed by atoms with Crippen LogP contribution in [-0.2, 0) is 4.79 Å². The zero-order valence-corrected chi connectivity index (χ0v) is 19.1. The number of methoxy groups -OCH3 is 1. The van der Waals surface area contributed by atoms with Crippen molar-refractivity contribution < 1.29 is 9.53 Å². The number of nitrogens with zero attached hydrogens (tertiary/aromatic N) is 4. The standard InChI is InChI=1S/C24H27N5O2S/c1-18-5-3-6-19(13-18)27-23(30)16-32-24-15-22(25-17-26-24)29-11-9-28(10-12-29)20-7-4-8-21(14-20)31-2/h3-8,13-15,17H,9-12,16H2,1-2H3,(H,27,30). The Hall–Kier alpha value is -3.26. The van der Waals surface area contributed by atoms with Crippen molar-refractivity contribution in [2.24, 2.45) is 0 Å². The highest BCUT2D eigenvalue weighted by Gasteiger charge is 2.19. The molecule has 32 heavy (non-hydrogen) atoms. The number of thioether (sulfide) groups is 1. The number of ether oxygens (including phenoxy) is 1. The molecular weight excluding hydrogens is 422 g/mol. The average Bonchev–Trinajstić information content (AvgIpc) is 2.83. The van der Waals surface area contributed by atoms with E-state index < -0.39 is 0 Å². The van der Waals surface area contributed by atoms with Crippen LogP contribution in [0, 0.1) is 6.92 Å². The molecule has 2 heterocycles. The summed E-state index contributed by atoms with van der Waals surface area (Å²) in [6, 6.07) is 17.9. The molecule has 8 heteroatoms. The predicted molar refractivity (Wildman–Crippen MR) is 130 cm³/mol. The third-order valence-electron chi connectivity index (χ3n) is 5.30. The average molecular weight is 450 g/mol. The first-order valence-corrected chi connectivity index (χ1v) is 11.5. The van der Waals surface area contributed by atoms with Crippen molar-refractivity contribution >= 4 is 34.9 Å². The first-order chi connectivity index (χ1) is 15.6. The number of aryl methyl sites for hydroxylation is 1. The first kappa shape index (κ1) is 22.0. The van der Waals surface area contributed by atoms with Crippen molar-refractivity contribution in [3.63, 3.8) is 0 Å². The van der Waals surface area contributed by atoms with E-state index in [2.05, 4.69) is 37.2 Å². The Labute approximate surface area is 192 Å². The van der Waals surface area contributed by atoms with Crippen LogP contribution in [0.25, 0.3) is 0 Å². The summed E-state index contributed by atoms with van der Waals surface area (Å²) < 4.78 is 5.34. The molecule has 1 N–H and O–H groups in total. The summed E-state index contributed by atoms with van der Waals surface area (Å²) in [5, 5.41) is 3.73. The van der Waals surface area contributed by atoms with Gasteiger partial charge in [0.1, 0.15) is 22.9 Å². The van der Waals surface area contributed by atoms with Gasteiger partial charge in [-0.25, -0.2) is 9.97 Å². The van der Waals surface area contributed by atoms with Gasteiger partial charge >= 0.3 is 0 Å². The molecule has 0 atom stereocenters. The van der Waals surface area contributed by atoms with E-state index >= 15 is 0 Å². The van der Waals surface area contributed by atoms with Gasteiger partial charge in [0.25, 0.3) is 0 Å². The van der Waals surface area contributed by atoms with Crippen LogP contribution in [0.3, 0.4) is 0 Å². The van der Waals surface area contributed by atoms with Gasteiger partial charge in [-0.1, -0.05) is 30.0 Å². The van der Waals surface area contributed by atoms with E-state index in [4.69, 9.17) is 4.74 Å². The van der Waals surface area contributed by atoms with E-state index in [1.54, 1.807) is 13.4 Å². The van der Waals surface area contributed by atoms with Crippen molar-refractivity contribution in [2.45, 2.75) is 11.9 Å². The number of hydrogen-bond donors (Lipinski definition) is 1. The van der Waals surface area contributed by atoms with E-state index in [0.29, 0.717) is 5.75 Å². The van der Waals surface area contributed by atoms with E-state index in [-0.39, 0.29) is 5.91 Å². The van der Waals surface area contributed by atoms with Gasteiger partial charge in [-0.3, -0.25) is 4.79 Å². The Kier molecular flexibility index (Phi) is 7.11. The molecule has 0 spiro atoms. The summed E-state index contributed by atoms with van der Waals surface area (Å²) in [7, 11) is 1.69. The van der Waals surface area contributed by atoms with Gasteiger partial charge in [-0.2, -0.15) is 0 Å². The molecule has 1 fully saturated rings. The number of anilines is 3. The number of nitrogens with one attached hydrogen (secondary N) is 1. The fourth-order valence-corrected chi connectivity index (χ4v) is 4.30. The van der Waals surface area contributed by atoms with Gasteiger partial charge < -0.3 is 19.9 Å². The van der Waals surface area contributed by atoms with Crippen LogP contribution in [-0.4, -0.2) is 54.9 Å². The Morgan fingerprint density at radius 2 is 1.81 bits per heavy atom.